The molecule has 6 aromatic carbocycles. The first kappa shape index (κ1) is 58.0. The Morgan fingerprint density at radius 3 is 1.36 bits per heavy atom. The van der Waals surface area contributed by atoms with E-state index in [0.29, 0.717) is 102 Å². The van der Waals surface area contributed by atoms with Gasteiger partial charge in [-0.25, -0.2) is 9.59 Å². The van der Waals surface area contributed by atoms with E-state index in [1.54, 1.807) is 52.5 Å². The molecule has 0 aliphatic carbocycles. The fourth-order valence-electron chi connectivity index (χ4n) is 12.0. The van der Waals surface area contributed by atoms with Gasteiger partial charge in [0.1, 0.15) is 63.4 Å². The van der Waals surface area contributed by atoms with Gasteiger partial charge in [-0.15, -0.1) is 0 Å². The molecule has 2 atom stereocenters. The maximum Gasteiger partial charge on any atom is 0.342 e. The average molecular weight is 1150 g/mol. The van der Waals surface area contributed by atoms with Crippen LogP contribution in [0.4, 0.5) is 0 Å². The number of piperazine rings is 2. The molecule has 2 N–H and O–H groups in total. The number of aromatic hydroxyl groups is 2. The van der Waals surface area contributed by atoms with Crippen molar-refractivity contribution in [3.05, 3.63) is 202 Å². The molecule has 2 unspecified atom stereocenters. The zero-order chi connectivity index (χ0) is 59.1. The zero-order valence-electron chi connectivity index (χ0n) is 49.0. The molecule has 0 radical (unpaired) electrons. The molecule has 0 saturated carbocycles. The lowest BCUT2D eigenvalue weighted by Gasteiger charge is -2.39. The molecule has 10 aromatic rings. The number of pyridine rings is 2. The maximum atomic E-state index is 13.4. The summed E-state index contributed by atoms with van der Waals surface area (Å²) in [4.78, 5) is 44.6. The van der Waals surface area contributed by atoms with Gasteiger partial charge >= 0.3 is 11.9 Å². The van der Waals surface area contributed by atoms with Crippen molar-refractivity contribution in [3.63, 3.8) is 0 Å². The minimum absolute atomic E-state index is 0.110. The molecule has 16 heteroatoms. The van der Waals surface area contributed by atoms with Gasteiger partial charge in [0.25, 0.3) is 0 Å². The third-order valence-electron chi connectivity index (χ3n) is 16.3. The molecule has 2 saturated heterocycles. The SMILES string of the molecule is CCOC(=O)c1c(C)oc2c1c(C(c1ccncc1)N1CCN(C)CC1)c(O)c1ccc(OCCc3ccccc3)cc12.CCOC(=O)c1c(C)oc2c1c(C(c1ccncc1)N1CCN(C)CC1)c(O)c1ccc(OCc3ccccc3)cc12. The highest BCUT2D eigenvalue weighted by molar-refractivity contribution is 6.18. The van der Waals surface area contributed by atoms with Crippen molar-refractivity contribution in [1.82, 2.24) is 29.6 Å². The first-order chi connectivity index (χ1) is 41.4. The van der Waals surface area contributed by atoms with E-state index >= 15 is 0 Å². The van der Waals surface area contributed by atoms with E-state index in [-0.39, 0.29) is 36.8 Å². The van der Waals surface area contributed by atoms with Crippen LogP contribution in [-0.2, 0) is 22.5 Å². The summed E-state index contributed by atoms with van der Waals surface area (Å²) in [5.74, 6) is 1.47. The number of nitrogens with zero attached hydrogens (tertiary/aromatic N) is 6. The Kier molecular flexibility index (Phi) is 17.7. The summed E-state index contributed by atoms with van der Waals surface area (Å²) >= 11 is 0. The number of rotatable bonds is 17. The number of hydrogen-bond acceptors (Lipinski definition) is 16. The Balaban J connectivity index is 0.000000177. The predicted octanol–water partition coefficient (Wildman–Crippen LogP) is 12.2. The molecule has 12 rings (SSSR count). The molecule has 16 nitrogen and oxygen atoms in total. The van der Waals surface area contributed by atoms with Crippen LogP contribution in [0.15, 0.2) is 155 Å². The monoisotopic (exact) mass is 1140 g/mol. The summed E-state index contributed by atoms with van der Waals surface area (Å²) in [6.45, 7) is 15.2. The molecule has 6 heterocycles. The number of phenols is 2. The Bertz CT molecular complexity index is 3950. The Morgan fingerprint density at radius 1 is 0.529 bits per heavy atom. The maximum absolute atomic E-state index is 13.4. The number of fused-ring (bicyclic) bond motifs is 6. The number of phenolic OH excluding ortho intramolecular Hbond substituents is 2. The van der Waals surface area contributed by atoms with E-state index < -0.39 is 11.9 Å². The van der Waals surface area contributed by atoms with Crippen LogP contribution < -0.4 is 9.47 Å². The molecule has 0 amide bonds. The second kappa shape index (κ2) is 26.0. The number of ether oxygens (including phenoxy) is 4. The summed E-state index contributed by atoms with van der Waals surface area (Å²) in [5.41, 5.74) is 7.19. The Labute approximate surface area is 494 Å². The Morgan fingerprint density at radius 2 is 0.941 bits per heavy atom. The van der Waals surface area contributed by atoms with Gasteiger partial charge in [0.05, 0.1) is 31.9 Å². The normalized spacial score (nSPS) is 15.2. The molecule has 0 spiro atoms. The van der Waals surface area contributed by atoms with Crippen LogP contribution in [0.5, 0.6) is 23.0 Å². The predicted molar refractivity (Wildman–Crippen MR) is 329 cm³/mol. The number of likely N-dealkylation sites (N-methyl/N-ethyl adjacent to an activating group) is 2. The number of aromatic nitrogens is 2. The second-order valence-electron chi connectivity index (χ2n) is 21.8. The standard InChI is InChI=1S/C35H37N3O5.C34H35N3O5/c1-4-41-35(40)29-23(2)43-34-28-22-26(42-21-14-24-8-6-5-7-9-24)10-11-27(28)33(39)31(30(29)34)32(25-12-15-36-16-13-25)38-19-17-37(3)18-20-38;1-4-40-34(39)28-22(2)42-33-27-20-25(41-21-23-8-6-5-7-9-23)10-11-26(27)32(38)30(29(28)33)31(24-12-14-35-15-13-24)37-18-16-36(3)17-19-37/h5-13,15-16,22,32,39H,4,14,17-21H2,1-3H3;5-15,20,31,38H,4,16-19,21H2,1-3H3. The van der Waals surface area contributed by atoms with Crippen molar-refractivity contribution >= 4 is 55.4 Å². The van der Waals surface area contributed by atoms with Crippen LogP contribution in [0.25, 0.3) is 43.5 Å². The highest BCUT2D eigenvalue weighted by Gasteiger charge is 2.37. The lowest BCUT2D eigenvalue weighted by atomic mass is 9.89. The quantitative estimate of drug-likeness (QED) is 0.0823. The Hall–Kier alpha value is -8.80. The van der Waals surface area contributed by atoms with E-state index in [1.807, 2.05) is 109 Å². The number of hydrogen-bond donors (Lipinski definition) is 2. The number of esters is 2. The molecule has 0 bridgehead atoms. The lowest BCUT2D eigenvalue weighted by molar-refractivity contribution is 0.0516. The van der Waals surface area contributed by atoms with Gasteiger partial charge in [-0.1, -0.05) is 60.7 Å². The summed E-state index contributed by atoms with van der Waals surface area (Å²) in [6, 6.07) is 38.6. The fraction of sp³-hybridized carbons (Fsp3) is 0.304. The van der Waals surface area contributed by atoms with Crippen molar-refractivity contribution in [3.8, 4) is 23.0 Å². The number of carbonyl (C=O) groups excluding carboxylic acids is 2. The van der Waals surface area contributed by atoms with Crippen LogP contribution in [-0.4, -0.2) is 138 Å². The molecular weight excluding hydrogens is 1070 g/mol. The molecule has 2 fully saturated rings. The number of furan rings is 2. The lowest BCUT2D eigenvalue weighted by Crippen LogP contribution is -2.46. The summed E-state index contributed by atoms with van der Waals surface area (Å²) in [6.07, 6.45) is 7.82. The van der Waals surface area contributed by atoms with Gasteiger partial charge < -0.3 is 47.8 Å². The first-order valence-corrected chi connectivity index (χ1v) is 29.2. The van der Waals surface area contributed by atoms with Gasteiger partial charge in [-0.05, 0) is 125 Å². The van der Waals surface area contributed by atoms with Crippen LogP contribution in [0.1, 0.15) is 91.5 Å². The average Bonchev–Trinajstić information content (AvgIpc) is 1.99. The largest absolute Gasteiger partial charge is 0.507 e. The van der Waals surface area contributed by atoms with Crippen LogP contribution in [0.3, 0.4) is 0 Å². The van der Waals surface area contributed by atoms with Crippen molar-refractivity contribution in [2.45, 2.75) is 52.8 Å². The van der Waals surface area contributed by atoms with E-state index in [9.17, 15) is 19.8 Å². The molecule has 438 valence electrons. The van der Waals surface area contributed by atoms with Crippen molar-refractivity contribution in [1.29, 1.82) is 0 Å². The van der Waals surface area contributed by atoms with Gasteiger partial charge in [-0.2, -0.15) is 0 Å². The molecular formula is C69H72N6O10. The highest BCUT2D eigenvalue weighted by Crippen LogP contribution is 2.50. The summed E-state index contributed by atoms with van der Waals surface area (Å²) in [7, 11) is 4.22. The minimum atomic E-state index is -0.475. The summed E-state index contributed by atoms with van der Waals surface area (Å²) < 4.78 is 36.1. The number of aryl methyl sites for hydroxylation is 2. The van der Waals surface area contributed by atoms with E-state index in [1.165, 1.54) is 5.56 Å². The number of benzene rings is 6. The van der Waals surface area contributed by atoms with Crippen LogP contribution >= 0.6 is 0 Å². The van der Waals surface area contributed by atoms with E-state index in [2.05, 4.69) is 55.8 Å². The van der Waals surface area contributed by atoms with Gasteiger partial charge in [0.15, 0.2) is 0 Å². The topological polar surface area (TPSA) is 177 Å². The molecule has 4 aromatic heterocycles. The van der Waals surface area contributed by atoms with Crippen molar-refractivity contribution in [2.75, 3.05) is 86.3 Å². The third-order valence-corrected chi connectivity index (χ3v) is 16.3. The van der Waals surface area contributed by atoms with E-state index in [0.717, 1.165) is 75.5 Å². The zero-order valence-corrected chi connectivity index (χ0v) is 49.0. The smallest absolute Gasteiger partial charge is 0.342 e. The highest BCUT2D eigenvalue weighted by atomic mass is 16.5. The van der Waals surface area contributed by atoms with Crippen LogP contribution in [0.2, 0.25) is 0 Å². The van der Waals surface area contributed by atoms with Crippen molar-refractivity contribution < 1.29 is 47.6 Å². The van der Waals surface area contributed by atoms with Crippen LogP contribution in [0, 0.1) is 13.8 Å². The second-order valence-corrected chi connectivity index (χ2v) is 21.8. The van der Waals surface area contributed by atoms with Crippen molar-refractivity contribution in [2.24, 2.45) is 0 Å². The molecule has 2 aliphatic rings. The molecule has 85 heavy (non-hydrogen) atoms. The molecule has 2 aliphatic heterocycles. The number of carbonyl (C=O) groups is 2. The van der Waals surface area contributed by atoms with E-state index in [4.69, 9.17) is 27.8 Å². The third kappa shape index (κ3) is 12.1. The fourth-order valence-corrected chi connectivity index (χ4v) is 12.0. The summed E-state index contributed by atoms with van der Waals surface area (Å²) in [5, 5.41) is 28.0. The van der Waals surface area contributed by atoms with Gasteiger partial charge in [0.2, 0.25) is 0 Å². The minimum Gasteiger partial charge on any atom is -0.507 e. The first-order valence-electron chi connectivity index (χ1n) is 29.2. The van der Waals surface area contributed by atoms with Gasteiger partial charge in [-0.3, -0.25) is 19.8 Å². The van der Waals surface area contributed by atoms with Gasteiger partial charge in [0, 0.05) is 127 Å².